The van der Waals surface area contributed by atoms with Crippen molar-refractivity contribution in [3.05, 3.63) is 94.5 Å². The van der Waals surface area contributed by atoms with E-state index in [-0.39, 0.29) is 5.91 Å². The number of benzene rings is 3. The number of ether oxygens (including phenoxy) is 1. The number of hydrogen-bond donors (Lipinski definition) is 2. The number of hydrazone groups is 1. The lowest BCUT2D eigenvalue weighted by Crippen LogP contribution is -2.33. The van der Waals surface area contributed by atoms with Gasteiger partial charge in [0.05, 0.1) is 17.8 Å². The first-order valence-corrected chi connectivity index (χ1v) is 9.99. The van der Waals surface area contributed by atoms with E-state index in [9.17, 15) is 9.59 Å². The minimum atomic E-state index is -0.787. The molecule has 0 saturated heterocycles. The Hall–Kier alpha value is -4.15. The summed E-state index contributed by atoms with van der Waals surface area (Å²) in [5.74, 6) is -0.226. The van der Waals surface area contributed by atoms with Crippen molar-refractivity contribution in [2.45, 2.75) is 13.0 Å². The smallest absolute Gasteiger partial charge is 0.280 e. The zero-order valence-corrected chi connectivity index (χ0v) is 17.8. The van der Waals surface area contributed by atoms with Gasteiger partial charge in [0, 0.05) is 16.3 Å². The molecule has 1 atom stereocenters. The van der Waals surface area contributed by atoms with Gasteiger partial charge < -0.3 is 10.1 Å². The molecule has 2 N–H and O–H groups in total. The van der Waals surface area contributed by atoms with Gasteiger partial charge in [-0.05, 0) is 73.2 Å². The standard InChI is InChI=1S/C24H19ClN4O3/c1-16(32-22-11-5-17(14-26)6-12-22)23(30)29-27-15-18-3-2-4-21(13-18)28-24(31)19-7-9-20(25)10-8-19/h2-13,15-16H,1H3,(H,28,31)(H,29,30)/b27-15+. The van der Waals surface area contributed by atoms with Gasteiger partial charge in [-0.15, -0.1) is 0 Å². The van der Waals surface area contributed by atoms with Crippen LogP contribution in [0.2, 0.25) is 5.02 Å². The molecular formula is C24H19ClN4O3. The summed E-state index contributed by atoms with van der Waals surface area (Å²) in [5, 5.41) is 16.1. The van der Waals surface area contributed by atoms with E-state index in [1.807, 2.05) is 6.07 Å². The molecule has 1 unspecified atom stereocenters. The van der Waals surface area contributed by atoms with E-state index in [0.717, 1.165) is 0 Å². The maximum atomic E-state index is 12.3. The number of nitrogens with one attached hydrogen (secondary N) is 2. The topological polar surface area (TPSA) is 104 Å². The second-order valence-corrected chi connectivity index (χ2v) is 7.15. The van der Waals surface area contributed by atoms with Crippen molar-refractivity contribution in [3.8, 4) is 11.8 Å². The third kappa shape index (κ3) is 6.42. The van der Waals surface area contributed by atoms with Gasteiger partial charge in [-0.25, -0.2) is 5.43 Å². The lowest BCUT2D eigenvalue weighted by molar-refractivity contribution is -0.127. The largest absolute Gasteiger partial charge is 0.481 e. The molecule has 3 rings (SSSR count). The van der Waals surface area contributed by atoms with Crippen LogP contribution in [0.3, 0.4) is 0 Å². The SMILES string of the molecule is CC(Oc1ccc(C#N)cc1)C(=O)N/N=C/c1cccc(NC(=O)c2ccc(Cl)cc2)c1. The Bertz CT molecular complexity index is 1170. The van der Waals surface area contributed by atoms with Gasteiger partial charge in [-0.1, -0.05) is 23.7 Å². The molecule has 3 aromatic rings. The van der Waals surface area contributed by atoms with Crippen molar-refractivity contribution in [2.75, 3.05) is 5.32 Å². The number of amides is 2. The number of halogens is 1. The number of hydrogen-bond acceptors (Lipinski definition) is 5. The van der Waals surface area contributed by atoms with Crippen LogP contribution in [0, 0.1) is 11.3 Å². The predicted molar refractivity (Wildman–Crippen MR) is 123 cm³/mol. The van der Waals surface area contributed by atoms with Crippen LogP contribution in [-0.2, 0) is 4.79 Å². The number of rotatable bonds is 7. The fraction of sp³-hybridized carbons (Fsp3) is 0.0833. The van der Waals surface area contributed by atoms with Crippen molar-refractivity contribution in [3.63, 3.8) is 0 Å². The molecule has 0 heterocycles. The number of carbonyl (C=O) groups excluding carboxylic acids is 2. The highest BCUT2D eigenvalue weighted by atomic mass is 35.5. The molecule has 2 amide bonds. The maximum absolute atomic E-state index is 12.3. The lowest BCUT2D eigenvalue weighted by Gasteiger charge is -2.12. The van der Waals surface area contributed by atoms with Crippen LogP contribution in [0.15, 0.2) is 77.9 Å². The van der Waals surface area contributed by atoms with E-state index in [1.165, 1.54) is 6.21 Å². The van der Waals surface area contributed by atoms with Crippen molar-refractivity contribution in [1.29, 1.82) is 5.26 Å². The Morgan fingerprint density at radius 2 is 1.81 bits per heavy atom. The number of carbonyl (C=O) groups is 2. The predicted octanol–water partition coefficient (Wildman–Crippen LogP) is 4.38. The first-order valence-electron chi connectivity index (χ1n) is 9.61. The van der Waals surface area contributed by atoms with Crippen LogP contribution >= 0.6 is 11.6 Å². The molecule has 0 aliphatic carbocycles. The summed E-state index contributed by atoms with van der Waals surface area (Å²) < 4.78 is 5.54. The molecule has 0 saturated carbocycles. The van der Waals surface area contributed by atoms with Crippen molar-refractivity contribution >= 4 is 35.3 Å². The van der Waals surface area contributed by atoms with Gasteiger partial charge in [0.1, 0.15) is 5.75 Å². The summed E-state index contributed by atoms with van der Waals surface area (Å²) in [4.78, 5) is 24.5. The van der Waals surface area contributed by atoms with Crippen LogP contribution < -0.4 is 15.5 Å². The van der Waals surface area contributed by atoms with Crippen molar-refractivity contribution in [1.82, 2.24) is 5.43 Å². The highest BCUT2D eigenvalue weighted by Crippen LogP contribution is 2.15. The molecule has 8 heteroatoms. The summed E-state index contributed by atoms with van der Waals surface area (Å²) in [6.45, 7) is 1.59. The molecular weight excluding hydrogens is 428 g/mol. The minimum Gasteiger partial charge on any atom is -0.481 e. The normalized spacial score (nSPS) is 11.4. The minimum absolute atomic E-state index is 0.266. The first-order chi connectivity index (χ1) is 15.4. The van der Waals surface area contributed by atoms with Gasteiger partial charge in [-0.2, -0.15) is 10.4 Å². The molecule has 0 aromatic heterocycles. The van der Waals surface area contributed by atoms with Gasteiger partial charge in [0.2, 0.25) is 0 Å². The Morgan fingerprint density at radius 1 is 1.09 bits per heavy atom. The average Bonchev–Trinajstić information content (AvgIpc) is 2.80. The average molecular weight is 447 g/mol. The highest BCUT2D eigenvalue weighted by Gasteiger charge is 2.14. The van der Waals surface area contributed by atoms with E-state index in [1.54, 1.807) is 79.7 Å². The third-order valence-corrected chi connectivity index (χ3v) is 4.56. The van der Waals surface area contributed by atoms with Gasteiger partial charge in [0.25, 0.3) is 11.8 Å². The molecule has 0 spiro atoms. The van der Waals surface area contributed by atoms with Gasteiger partial charge >= 0.3 is 0 Å². The van der Waals surface area contributed by atoms with E-state index < -0.39 is 12.0 Å². The van der Waals surface area contributed by atoms with Crippen LogP contribution in [0.1, 0.15) is 28.4 Å². The summed E-state index contributed by atoms with van der Waals surface area (Å²) in [6, 6.07) is 22.1. The fourth-order valence-electron chi connectivity index (χ4n) is 2.63. The van der Waals surface area contributed by atoms with E-state index >= 15 is 0 Å². The maximum Gasteiger partial charge on any atom is 0.280 e. The molecule has 0 radical (unpaired) electrons. The summed E-state index contributed by atoms with van der Waals surface area (Å²) in [6.07, 6.45) is 0.676. The monoisotopic (exact) mass is 446 g/mol. The van der Waals surface area contributed by atoms with Crippen LogP contribution in [-0.4, -0.2) is 24.1 Å². The number of nitrogens with zero attached hydrogens (tertiary/aromatic N) is 2. The fourth-order valence-corrected chi connectivity index (χ4v) is 2.75. The molecule has 32 heavy (non-hydrogen) atoms. The quantitative estimate of drug-likeness (QED) is 0.415. The summed E-state index contributed by atoms with van der Waals surface area (Å²) >= 11 is 5.84. The molecule has 0 bridgehead atoms. The van der Waals surface area contributed by atoms with Crippen LogP contribution in [0.4, 0.5) is 5.69 Å². The lowest BCUT2D eigenvalue weighted by atomic mass is 10.2. The molecule has 0 fully saturated rings. The Kier molecular flexibility index (Phi) is 7.57. The second kappa shape index (κ2) is 10.8. The van der Waals surface area contributed by atoms with Gasteiger partial charge in [0.15, 0.2) is 6.10 Å². The Balaban J connectivity index is 1.54. The third-order valence-electron chi connectivity index (χ3n) is 4.30. The van der Waals surface area contributed by atoms with Crippen LogP contribution in [0.5, 0.6) is 5.75 Å². The van der Waals surface area contributed by atoms with E-state index in [0.29, 0.717) is 33.1 Å². The summed E-state index contributed by atoms with van der Waals surface area (Å²) in [5.41, 5.74) is 4.67. The molecule has 3 aromatic carbocycles. The zero-order chi connectivity index (χ0) is 22.9. The Morgan fingerprint density at radius 3 is 2.50 bits per heavy atom. The highest BCUT2D eigenvalue weighted by molar-refractivity contribution is 6.30. The van der Waals surface area contributed by atoms with E-state index in [2.05, 4.69) is 15.8 Å². The van der Waals surface area contributed by atoms with Gasteiger partial charge in [-0.3, -0.25) is 9.59 Å². The molecule has 7 nitrogen and oxygen atoms in total. The number of nitriles is 1. The molecule has 0 aliphatic rings. The van der Waals surface area contributed by atoms with E-state index in [4.69, 9.17) is 21.6 Å². The first kappa shape index (κ1) is 22.5. The summed E-state index contributed by atoms with van der Waals surface area (Å²) in [7, 11) is 0. The molecule has 0 aliphatic heterocycles. The second-order valence-electron chi connectivity index (χ2n) is 6.72. The van der Waals surface area contributed by atoms with Crippen molar-refractivity contribution in [2.24, 2.45) is 5.10 Å². The molecule has 160 valence electrons. The van der Waals surface area contributed by atoms with Crippen molar-refractivity contribution < 1.29 is 14.3 Å². The van der Waals surface area contributed by atoms with Crippen LogP contribution in [0.25, 0.3) is 0 Å². The zero-order valence-electron chi connectivity index (χ0n) is 17.1. The Labute approximate surface area is 190 Å². The number of anilines is 1.